The summed E-state index contributed by atoms with van der Waals surface area (Å²) in [6.45, 7) is 4.83. The number of rotatable bonds is 6. The van der Waals surface area contributed by atoms with Crippen LogP contribution in [0.15, 0.2) is 23.1 Å². The van der Waals surface area contributed by atoms with Crippen LogP contribution in [0.5, 0.6) is 0 Å². The van der Waals surface area contributed by atoms with Crippen molar-refractivity contribution < 1.29 is 18.3 Å². The van der Waals surface area contributed by atoms with Gasteiger partial charge >= 0.3 is 5.97 Å². The van der Waals surface area contributed by atoms with Gasteiger partial charge in [0.05, 0.1) is 4.90 Å². The average Bonchev–Trinajstić information content (AvgIpc) is 2.30. The minimum atomic E-state index is -3.88. The van der Waals surface area contributed by atoms with Crippen molar-refractivity contribution in [3.8, 4) is 0 Å². The molecule has 0 saturated carbocycles. The van der Waals surface area contributed by atoms with Crippen molar-refractivity contribution in [2.75, 3.05) is 13.1 Å². The van der Waals surface area contributed by atoms with E-state index in [0.717, 1.165) is 4.31 Å². The molecular formula is C13H18ClNO4S. The van der Waals surface area contributed by atoms with Gasteiger partial charge in [0.1, 0.15) is 6.54 Å². The highest BCUT2D eigenvalue weighted by Gasteiger charge is 2.28. The van der Waals surface area contributed by atoms with Gasteiger partial charge in [0.15, 0.2) is 0 Å². The minimum Gasteiger partial charge on any atom is -0.480 e. The highest BCUT2D eigenvalue weighted by Crippen LogP contribution is 2.25. The molecule has 0 radical (unpaired) electrons. The lowest BCUT2D eigenvalue weighted by atomic mass is 10.2. The lowest BCUT2D eigenvalue weighted by Crippen LogP contribution is -2.38. The van der Waals surface area contributed by atoms with E-state index in [1.54, 1.807) is 13.0 Å². The molecule has 20 heavy (non-hydrogen) atoms. The first-order valence-corrected chi connectivity index (χ1v) is 7.95. The lowest BCUT2D eigenvalue weighted by Gasteiger charge is -2.23. The zero-order valence-corrected chi connectivity index (χ0v) is 13.2. The number of aliphatic carboxylic acids is 1. The van der Waals surface area contributed by atoms with Crippen LogP contribution < -0.4 is 0 Å². The third-order valence-corrected chi connectivity index (χ3v) is 5.08. The molecule has 0 bridgehead atoms. The van der Waals surface area contributed by atoms with Crippen molar-refractivity contribution in [1.82, 2.24) is 4.31 Å². The monoisotopic (exact) mass is 319 g/mol. The van der Waals surface area contributed by atoms with Gasteiger partial charge in [0.2, 0.25) is 10.0 Å². The summed E-state index contributed by atoms with van der Waals surface area (Å²) in [6, 6.07) is 4.57. The molecule has 0 aliphatic carbocycles. The molecule has 5 nitrogen and oxygen atoms in total. The lowest BCUT2D eigenvalue weighted by molar-refractivity contribution is -0.137. The largest absolute Gasteiger partial charge is 0.480 e. The quantitative estimate of drug-likeness (QED) is 0.873. The molecule has 1 aromatic rings. The van der Waals surface area contributed by atoms with Gasteiger partial charge in [-0.3, -0.25) is 4.79 Å². The van der Waals surface area contributed by atoms with Crippen LogP contribution in [0.1, 0.15) is 19.4 Å². The van der Waals surface area contributed by atoms with Gasteiger partial charge in [-0.05, 0) is 30.5 Å². The number of hydrogen-bond acceptors (Lipinski definition) is 3. The van der Waals surface area contributed by atoms with E-state index in [-0.39, 0.29) is 17.4 Å². The van der Waals surface area contributed by atoms with Crippen LogP contribution >= 0.6 is 11.6 Å². The molecule has 0 aromatic heterocycles. The second-order valence-corrected chi connectivity index (χ2v) is 7.26. The molecule has 0 spiro atoms. The third-order valence-electron chi connectivity index (χ3n) is 2.72. The molecule has 0 aliphatic rings. The third kappa shape index (κ3) is 3.94. The van der Waals surface area contributed by atoms with Crippen molar-refractivity contribution in [3.05, 3.63) is 28.8 Å². The van der Waals surface area contributed by atoms with Crippen molar-refractivity contribution in [3.63, 3.8) is 0 Å². The summed E-state index contributed by atoms with van der Waals surface area (Å²) in [6.07, 6.45) is 0. The molecule has 0 atom stereocenters. The number of benzene rings is 1. The highest BCUT2D eigenvalue weighted by atomic mass is 35.5. The second-order valence-electron chi connectivity index (χ2n) is 4.95. The average molecular weight is 320 g/mol. The highest BCUT2D eigenvalue weighted by molar-refractivity contribution is 7.89. The van der Waals surface area contributed by atoms with E-state index in [9.17, 15) is 13.2 Å². The smallest absolute Gasteiger partial charge is 0.318 e. The van der Waals surface area contributed by atoms with Crippen LogP contribution in [0.2, 0.25) is 5.02 Å². The summed E-state index contributed by atoms with van der Waals surface area (Å²) in [5.41, 5.74) is 0.424. The Morgan fingerprint density at radius 1 is 1.40 bits per heavy atom. The normalized spacial score (nSPS) is 12.1. The predicted octanol–water partition coefficient (Wildman–Crippen LogP) is 2.38. The first kappa shape index (κ1) is 16.9. The number of hydrogen-bond donors (Lipinski definition) is 1. The summed E-state index contributed by atoms with van der Waals surface area (Å²) in [5, 5.41) is 9.24. The van der Waals surface area contributed by atoms with Crippen LogP contribution in [0.4, 0.5) is 0 Å². The van der Waals surface area contributed by atoms with E-state index in [1.165, 1.54) is 12.1 Å². The fourth-order valence-corrected chi connectivity index (χ4v) is 3.84. The first-order valence-electron chi connectivity index (χ1n) is 6.13. The molecule has 7 heteroatoms. The van der Waals surface area contributed by atoms with Gasteiger partial charge in [0.25, 0.3) is 0 Å². The van der Waals surface area contributed by atoms with Gasteiger partial charge in [-0.25, -0.2) is 8.42 Å². The van der Waals surface area contributed by atoms with Crippen LogP contribution in [0, 0.1) is 12.8 Å². The Bertz CT molecular complexity index is 598. The Morgan fingerprint density at radius 3 is 2.50 bits per heavy atom. The van der Waals surface area contributed by atoms with E-state index in [2.05, 4.69) is 0 Å². The van der Waals surface area contributed by atoms with E-state index in [1.807, 2.05) is 13.8 Å². The minimum absolute atomic E-state index is 0.0172. The molecule has 0 heterocycles. The zero-order valence-electron chi connectivity index (χ0n) is 11.6. The summed E-state index contributed by atoms with van der Waals surface area (Å²) in [5.74, 6) is -1.17. The van der Waals surface area contributed by atoms with Gasteiger partial charge in [-0.15, -0.1) is 0 Å². The maximum absolute atomic E-state index is 12.6. The van der Waals surface area contributed by atoms with E-state index in [0.29, 0.717) is 10.6 Å². The number of sulfonamides is 1. The molecule has 1 aromatic carbocycles. The molecule has 0 aliphatic heterocycles. The summed E-state index contributed by atoms with van der Waals surface area (Å²) in [7, 11) is -3.88. The predicted molar refractivity (Wildman–Crippen MR) is 77.4 cm³/mol. The molecule has 1 rings (SSSR count). The van der Waals surface area contributed by atoms with Gasteiger partial charge in [-0.1, -0.05) is 31.5 Å². The molecule has 112 valence electrons. The molecule has 0 fully saturated rings. The maximum Gasteiger partial charge on any atom is 0.318 e. The van der Waals surface area contributed by atoms with E-state index in [4.69, 9.17) is 16.7 Å². The standard InChI is InChI=1S/C13H18ClNO4S/c1-9(2)7-15(8-13(16)17)20(18,19)12-6-4-5-11(14)10(12)3/h4-6,9H,7-8H2,1-3H3,(H,16,17). The van der Waals surface area contributed by atoms with Gasteiger partial charge in [0, 0.05) is 11.6 Å². The molecule has 0 unspecified atom stereocenters. The molecule has 1 N–H and O–H groups in total. The number of carboxylic acid groups (broad SMARTS) is 1. The first-order chi connectivity index (χ1) is 9.16. The van der Waals surface area contributed by atoms with Gasteiger partial charge in [-0.2, -0.15) is 4.31 Å². The number of carbonyl (C=O) groups is 1. The number of nitrogens with zero attached hydrogens (tertiary/aromatic N) is 1. The summed E-state index contributed by atoms with van der Waals surface area (Å²) < 4.78 is 26.1. The molecular weight excluding hydrogens is 302 g/mol. The number of halogens is 1. The maximum atomic E-state index is 12.6. The SMILES string of the molecule is Cc1c(Cl)cccc1S(=O)(=O)N(CC(=O)O)CC(C)C. The Labute approximate surface area is 124 Å². The molecule has 0 saturated heterocycles. The van der Waals surface area contributed by atoms with Crippen molar-refractivity contribution in [2.24, 2.45) is 5.92 Å². The molecule has 0 amide bonds. The van der Waals surface area contributed by atoms with E-state index < -0.39 is 22.5 Å². The van der Waals surface area contributed by atoms with Gasteiger partial charge < -0.3 is 5.11 Å². The van der Waals surface area contributed by atoms with Crippen LogP contribution in [0.25, 0.3) is 0 Å². The Balaban J connectivity index is 3.28. The Morgan fingerprint density at radius 2 is 2.00 bits per heavy atom. The van der Waals surface area contributed by atoms with Crippen LogP contribution in [0.3, 0.4) is 0 Å². The zero-order chi connectivity index (χ0) is 15.5. The number of carboxylic acids is 1. The van der Waals surface area contributed by atoms with E-state index >= 15 is 0 Å². The van der Waals surface area contributed by atoms with Crippen molar-refractivity contribution in [1.29, 1.82) is 0 Å². The Kier molecular flexibility index (Phi) is 5.56. The topological polar surface area (TPSA) is 74.7 Å². The van der Waals surface area contributed by atoms with Crippen LogP contribution in [-0.4, -0.2) is 36.9 Å². The Hall–Kier alpha value is -1.11. The summed E-state index contributed by atoms with van der Waals surface area (Å²) >= 11 is 5.94. The van der Waals surface area contributed by atoms with Crippen LogP contribution in [-0.2, 0) is 14.8 Å². The van der Waals surface area contributed by atoms with Crippen molar-refractivity contribution >= 4 is 27.6 Å². The summed E-state index contributed by atoms with van der Waals surface area (Å²) in [4.78, 5) is 10.9. The fraction of sp³-hybridized carbons (Fsp3) is 0.462. The second kappa shape index (κ2) is 6.56. The fourth-order valence-electron chi connectivity index (χ4n) is 1.81. The van der Waals surface area contributed by atoms with Crippen molar-refractivity contribution in [2.45, 2.75) is 25.7 Å².